The van der Waals surface area contributed by atoms with Crippen LogP contribution in [0.4, 0.5) is 11.4 Å². The highest BCUT2D eigenvalue weighted by Crippen LogP contribution is 2.33. The molecule has 1 aromatic heterocycles. The first-order valence-corrected chi connectivity index (χ1v) is 8.45. The molecule has 0 spiro atoms. The number of non-ortho nitro benzene ring substituents is 1. The van der Waals surface area contributed by atoms with Crippen LogP contribution in [0.1, 0.15) is 6.42 Å². The molecule has 0 amide bonds. The summed E-state index contributed by atoms with van der Waals surface area (Å²) in [6, 6.07) is 6.02. The lowest BCUT2D eigenvalue weighted by Crippen LogP contribution is -2.51. The van der Waals surface area contributed by atoms with Crippen LogP contribution in [-0.4, -0.2) is 60.1 Å². The normalized spacial score (nSPS) is 22.2. The molecular formula is C17H21N5O2. The number of anilines is 1. The van der Waals surface area contributed by atoms with Gasteiger partial charge in [-0.05, 0) is 25.1 Å². The van der Waals surface area contributed by atoms with Crippen LogP contribution in [0.15, 0.2) is 30.6 Å². The molecule has 2 aromatic rings. The maximum Gasteiger partial charge on any atom is 0.278 e. The van der Waals surface area contributed by atoms with E-state index in [1.165, 1.54) is 6.42 Å². The van der Waals surface area contributed by atoms with E-state index < -0.39 is 0 Å². The van der Waals surface area contributed by atoms with Gasteiger partial charge in [0.05, 0.1) is 10.3 Å². The monoisotopic (exact) mass is 327 g/mol. The Morgan fingerprint density at radius 3 is 2.71 bits per heavy atom. The summed E-state index contributed by atoms with van der Waals surface area (Å²) in [5, 5.41) is 16.2. The summed E-state index contributed by atoms with van der Waals surface area (Å²) >= 11 is 0. The topological polar surface area (TPSA) is 74.5 Å². The van der Waals surface area contributed by atoms with E-state index in [2.05, 4.69) is 20.1 Å². The molecule has 0 saturated carbocycles. The molecule has 1 N–H and O–H groups in total. The number of nitro groups is 1. The van der Waals surface area contributed by atoms with Gasteiger partial charge < -0.3 is 10.2 Å². The van der Waals surface area contributed by atoms with Gasteiger partial charge >= 0.3 is 0 Å². The summed E-state index contributed by atoms with van der Waals surface area (Å²) < 4.78 is 0. The van der Waals surface area contributed by atoms with Gasteiger partial charge in [-0.25, -0.2) is 0 Å². The lowest BCUT2D eigenvalue weighted by atomic mass is 10.1. The van der Waals surface area contributed by atoms with Crippen LogP contribution < -0.4 is 10.2 Å². The van der Waals surface area contributed by atoms with Crippen molar-refractivity contribution >= 4 is 22.1 Å². The molecule has 0 radical (unpaired) electrons. The van der Waals surface area contributed by atoms with Gasteiger partial charge in [-0.3, -0.25) is 20.0 Å². The first-order chi connectivity index (χ1) is 11.7. The Morgan fingerprint density at radius 1 is 1.17 bits per heavy atom. The Balaban J connectivity index is 1.59. The number of nitrogens with one attached hydrogen (secondary N) is 1. The van der Waals surface area contributed by atoms with Crippen molar-refractivity contribution in [3.05, 3.63) is 40.7 Å². The van der Waals surface area contributed by atoms with E-state index in [9.17, 15) is 10.1 Å². The molecule has 7 nitrogen and oxygen atoms in total. The Morgan fingerprint density at radius 2 is 2.00 bits per heavy atom. The third-order valence-electron chi connectivity index (χ3n) is 5.17. The van der Waals surface area contributed by atoms with Crippen LogP contribution in [0.5, 0.6) is 0 Å². The Labute approximate surface area is 140 Å². The zero-order valence-electron chi connectivity index (χ0n) is 13.5. The molecule has 2 aliphatic heterocycles. The zero-order valence-corrected chi connectivity index (χ0v) is 13.5. The number of hydrogen-bond donors (Lipinski definition) is 1. The molecule has 24 heavy (non-hydrogen) atoms. The molecule has 1 atom stereocenters. The van der Waals surface area contributed by atoms with E-state index in [-0.39, 0.29) is 10.6 Å². The zero-order chi connectivity index (χ0) is 16.5. The molecule has 1 unspecified atom stereocenters. The fourth-order valence-corrected chi connectivity index (χ4v) is 3.87. The Hall–Kier alpha value is -2.25. The predicted octanol–water partition coefficient (Wildman–Crippen LogP) is 1.63. The van der Waals surface area contributed by atoms with E-state index in [0.717, 1.165) is 50.3 Å². The second-order valence-corrected chi connectivity index (χ2v) is 6.45. The highest BCUT2D eigenvalue weighted by atomic mass is 16.6. The minimum atomic E-state index is -0.334. The number of piperazine rings is 1. The van der Waals surface area contributed by atoms with Crippen LogP contribution in [-0.2, 0) is 0 Å². The molecule has 2 saturated heterocycles. The molecule has 0 aliphatic carbocycles. The first kappa shape index (κ1) is 15.3. The molecule has 7 heteroatoms. The number of benzene rings is 1. The molecule has 1 aromatic carbocycles. The van der Waals surface area contributed by atoms with Gasteiger partial charge in [0.25, 0.3) is 5.69 Å². The van der Waals surface area contributed by atoms with Gasteiger partial charge in [0.15, 0.2) is 0 Å². The van der Waals surface area contributed by atoms with Gasteiger partial charge in [0, 0.05) is 68.3 Å². The Kier molecular flexibility index (Phi) is 4.03. The second-order valence-electron chi connectivity index (χ2n) is 6.45. The van der Waals surface area contributed by atoms with Crippen molar-refractivity contribution in [1.29, 1.82) is 0 Å². The van der Waals surface area contributed by atoms with Crippen LogP contribution in [0.25, 0.3) is 10.8 Å². The summed E-state index contributed by atoms with van der Waals surface area (Å²) in [5.41, 5.74) is 1.19. The van der Waals surface area contributed by atoms with Gasteiger partial charge in [0.1, 0.15) is 0 Å². The average Bonchev–Trinajstić information content (AvgIpc) is 3.15. The minimum Gasteiger partial charge on any atom is -0.368 e. The number of hydrogen-bond acceptors (Lipinski definition) is 6. The van der Waals surface area contributed by atoms with Crippen molar-refractivity contribution < 1.29 is 4.92 Å². The van der Waals surface area contributed by atoms with E-state index in [4.69, 9.17) is 0 Å². The quantitative estimate of drug-likeness (QED) is 0.682. The van der Waals surface area contributed by atoms with Crippen molar-refractivity contribution in [2.75, 3.05) is 44.2 Å². The third kappa shape index (κ3) is 2.70. The van der Waals surface area contributed by atoms with Crippen molar-refractivity contribution in [1.82, 2.24) is 15.2 Å². The highest BCUT2D eigenvalue weighted by Gasteiger charge is 2.27. The lowest BCUT2D eigenvalue weighted by Gasteiger charge is -2.39. The highest BCUT2D eigenvalue weighted by molar-refractivity contribution is 5.99. The molecule has 2 aliphatic rings. The number of nitro benzene ring substituents is 1. The maximum absolute atomic E-state index is 11.2. The van der Waals surface area contributed by atoms with Crippen molar-refractivity contribution in [3.63, 3.8) is 0 Å². The van der Waals surface area contributed by atoms with Crippen LogP contribution >= 0.6 is 0 Å². The number of aromatic nitrogens is 1. The van der Waals surface area contributed by atoms with E-state index in [0.29, 0.717) is 11.4 Å². The minimum absolute atomic E-state index is 0.123. The fourth-order valence-electron chi connectivity index (χ4n) is 3.87. The first-order valence-electron chi connectivity index (χ1n) is 8.45. The van der Waals surface area contributed by atoms with Gasteiger partial charge in [-0.15, -0.1) is 0 Å². The predicted molar refractivity (Wildman–Crippen MR) is 93.5 cm³/mol. The molecule has 3 heterocycles. The van der Waals surface area contributed by atoms with Crippen LogP contribution in [0, 0.1) is 10.1 Å². The molecular weight excluding hydrogens is 306 g/mol. The number of fused-ring (bicyclic) bond motifs is 1. The summed E-state index contributed by atoms with van der Waals surface area (Å²) in [4.78, 5) is 19.9. The van der Waals surface area contributed by atoms with Gasteiger partial charge in [0.2, 0.25) is 0 Å². The summed E-state index contributed by atoms with van der Waals surface area (Å²) in [5.74, 6) is 0. The molecule has 4 rings (SSSR count). The van der Waals surface area contributed by atoms with Crippen LogP contribution in [0.3, 0.4) is 0 Å². The Bertz CT molecular complexity index is 752. The fraction of sp³-hybridized carbons (Fsp3) is 0.471. The third-order valence-corrected chi connectivity index (χ3v) is 5.17. The second kappa shape index (κ2) is 6.33. The van der Waals surface area contributed by atoms with Gasteiger partial charge in [-0.2, -0.15) is 0 Å². The molecule has 0 bridgehead atoms. The molecule has 2 fully saturated rings. The average molecular weight is 327 g/mol. The summed E-state index contributed by atoms with van der Waals surface area (Å²) in [6.07, 6.45) is 4.53. The van der Waals surface area contributed by atoms with Crippen molar-refractivity contribution in [3.8, 4) is 0 Å². The van der Waals surface area contributed by atoms with Crippen molar-refractivity contribution in [2.45, 2.75) is 12.5 Å². The maximum atomic E-state index is 11.2. The molecule has 126 valence electrons. The van der Waals surface area contributed by atoms with Crippen molar-refractivity contribution in [2.24, 2.45) is 0 Å². The number of rotatable bonds is 3. The standard InChI is InChI=1S/C17H21N5O2/c23-22(24)17-2-1-16(14-4-6-19-12-15(14)17)21-9-7-20(8-10-21)13-3-5-18-11-13/h1-2,4,6,12-13,18H,3,5,7-11H2. The van der Waals surface area contributed by atoms with E-state index in [1.54, 1.807) is 18.5 Å². The smallest absolute Gasteiger partial charge is 0.278 e. The summed E-state index contributed by atoms with van der Waals surface area (Å²) in [6.45, 7) is 6.18. The van der Waals surface area contributed by atoms with E-state index in [1.807, 2.05) is 12.1 Å². The van der Waals surface area contributed by atoms with Gasteiger partial charge in [-0.1, -0.05) is 0 Å². The SMILES string of the molecule is O=[N+]([O-])c1ccc(N2CCN(C3CCNC3)CC2)c2ccncc12. The van der Waals surface area contributed by atoms with E-state index >= 15 is 0 Å². The van der Waals surface area contributed by atoms with Crippen LogP contribution in [0.2, 0.25) is 0 Å². The number of pyridine rings is 1. The lowest BCUT2D eigenvalue weighted by molar-refractivity contribution is -0.383. The number of nitrogens with zero attached hydrogens (tertiary/aromatic N) is 4. The summed E-state index contributed by atoms with van der Waals surface area (Å²) in [7, 11) is 0. The largest absolute Gasteiger partial charge is 0.368 e.